The molecule has 0 radical (unpaired) electrons. The van der Waals surface area contributed by atoms with Gasteiger partial charge in [0, 0.05) is 23.2 Å². The van der Waals surface area contributed by atoms with E-state index in [1.807, 2.05) is 36.0 Å². The van der Waals surface area contributed by atoms with Gasteiger partial charge in [-0.15, -0.1) is 11.8 Å². The molecule has 0 saturated carbocycles. The maximum atomic E-state index is 9.43. The average molecular weight is 287 g/mol. The van der Waals surface area contributed by atoms with Gasteiger partial charge in [0.15, 0.2) is 0 Å². The molecular formula is C17H21NOS. The van der Waals surface area contributed by atoms with E-state index in [4.69, 9.17) is 0 Å². The van der Waals surface area contributed by atoms with Crippen molar-refractivity contribution in [1.82, 2.24) is 5.32 Å². The van der Waals surface area contributed by atoms with Crippen molar-refractivity contribution in [2.75, 3.05) is 18.9 Å². The highest BCUT2D eigenvalue weighted by Crippen LogP contribution is 2.15. The molecule has 1 unspecified atom stereocenters. The van der Waals surface area contributed by atoms with E-state index in [1.54, 1.807) is 0 Å². The minimum absolute atomic E-state index is 0.133. The van der Waals surface area contributed by atoms with Crippen LogP contribution in [0.2, 0.25) is 0 Å². The van der Waals surface area contributed by atoms with E-state index >= 15 is 0 Å². The topological polar surface area (TPSA) is 32.3 Å². The number of hydrogen-bond donors (Lipinski definition) is 2. The van der Waals surface area contributed by atoms with Crippen LogP contribution in [0.4, 0.5) is 0 Å². The molecule has 106 valence electrons. The van der Waals surface area contributed by atoms with Crippen molar-refractivity contribution < 1.29 is 5.11 Å². The first-order valence-electron chi connectivity index (χ1n) is 6.94. The van der Waals surface area contributed by atoms with E-state index in [-0.39, 0.29) is 12.6 Å². The Labute approximate surface area is 125 Å². The molecule has 0 bridgehead atoms. The third-order valence-electron chi connectivity index (χ3n) is 3.09. The number of rotatable bonds is 8. The first-order chi connectivity index (χ1) is 9.88. The monoisotopic (exact) mass is 287 g/mol. The molecule has 0 fully saturated rings. The third kappa shape index (κ3) is 5.37. The summed E-state index contributed by atoms with van der Waals surface area (Å²) < 4.78 is 0. The highest BCUT2D eigenvalue weighted by Gasteiger charge is 2.07. The van der Waals surface area contributed by atoms with Crippen LogP contribution in [0.25, 0.3) is 0 Å². The van der Waals surface area contributed by atoms with Gasteiger partial charge >= 0.3 is 0 Å². The molecule has 0 aliphatic heterocycles. The zero-order valence-electron chi connectivity index (χ0n) is 11.5. The molecule has 0 saturated heterocycles. The molecule has 2 rings (SSSR count). The third-order valence-corrected chi connectivity index (χ3v) is 4.11. The van der Waals surface area contributed by atoms with Crippen molar-refractivity contribution in [1.29, 1.82) is 0 Å². The fraction of sp³-hybridized carbons (Fsp3) is 0.294. The van der Waals surface area contributed by atoms with Crippen molar-refractivity contribution in [3.05, 3.63) is 66.2 Å². The normalized spacial score (nSPS) is 12.2. The van der Waals surface area contributed by atoms with Gasteiger partial charge in [0.05, 0.1) is 6.61 Å². The summed E-state index contributed by atoms with van der Waals surface area (Å²) in [6, 6.07) is 20.8. The van der Waals surface area contributed by atoms with Gasteiger partial charge in [-0.3, -0.25) is 0 Å². The van der Waals surface area contributed by atoms with Crippen LogP contribution in [-0.2, 0) is 6.42 Å². The molecule has 0 aliphatic rings. The largest absolute Gasteiger partial charge is 0.395 e. The quantitative estimate of drug-likeness (QED) is 0.578. The summed E-state index contributed by atoms with van der Waals surface area (Å²) in [4.78, 5) is 1.29. The van der Waals surface area contributed by atoms with Gasteiger partial charge in [-0.05, 0) is 24.1 Å². The Morgan fingerprint density at radius 2 is 1.60 bits per heavy atom. The zero-order chi connectivity index (χ0) is 14.0. The Bertz CT molecular complexity index is 475. The van der Waals surface area contributed by atoms with Crippen LogP contribution in [0.15, 0.2) is 65.6 Å². The molecule has 2 aromatic carbocycles. The van der Waals surface area contributed by atoms with Crippen LogP contribution >= 0.6 is 11.8 Å². The van der Waals surface area contributed by atoms with Crippen LogP contribution in [-0.4, -0.2) is 30.1 Å². The Balaban J connectivity index is 1.69. The van der Waals surface area contributed by atoms with Gasteiger partial charge in [-0.1, -0.05) is 48.5 Å². The summed E-state index contributed by atoms with van der Waals surface area (Å²) in [6.45, 7) is 1.07. The van der Waals surface area contributed by atoms with Crippen molar-refractivity contribution in [3.8, 4) is 0 Å². The molecule has 0 aromatic heterocycles. The fourth-order valence-electron chi connectivity index (χ4n) is 2.05. The standard InChI is InChI=1S/C17H21NOS/c19-14-16(13-15-7-3-1-4-8-15)18-11-12-20-17-9-5-2-6-10-17/h1-10,16,18-19H,11-14H2. The second-order valence-corrected chi connectivity index (χ2v) is 5.85. The smallest absolute Gasteiger partial charge is 0.0587 e. The molecular weight excluding hydrogens is 266 g/mol. The average Bonchev–Trinajstić information content (AvgIpc) is 2.52. The summed E-state index contributed by atoms with van der Waals surface area (Å²) in [5.41, 5.74) is 1.26. The van der Waals surface area contributed by atoms with Crippen molar-refractivity contribution in [3.63, 3.8) is 0 Å². The summed E-state index contributed by atoms with van der Waals surface area (Å²) in [5, 5.41) is 12.9. The van der Waals surface area contributed by atoms with Crippen LogP contribution < -0.4 is 5.32 Å². The van der Waals surface area contributed by atoms with Gasteiger partial charge in [-0.25, -0.2) is 0 Å². The predicted octanol–water partition coefficient (Wildman–Crippen LogP) is 2.97. The fourth-order valence-corrected chi connectivity index (χ4v) is 2.85. The molecule has 2 nitrogen and oxygen atoms in total. The first-order valence-corrected chi connectivity index (χ1v) is 7.93. The Kier molecular flexibility index (Phi) is 6.64. The minimum Gasteiger partial charge on any atom is -0.395 e. The van der Waals surface area contributed by atoms with E-state index in [0.717, 1.165) is 18.7 Å². The lowest BCUT2D eigenvalue weighted by Gasteiger charge is -2.16. The molecule has 2 N–H and O–H groups in total. The minimum atomic E-state index is 0.133. The van der Waals surface area contributed by atoms with Gasteiger partial charge < -0.3 is 10.4 Å². The predicted molar refractivity (Wildman–Crippen MR) is 86.2 cm³/mol. The number of thioether (sulfide) groups is 1. The number of aliphatic hydroxyl groups is 1. The second-order valence-electron chi connectivity index (χ2n) is 4.68. The van der Waals surface area contributed by atoms with Crippen LogP contribution in [0, 0.1) is 0 Å². The molecule has 0 amide bonds. The van der Waals surface area contributed by atoms with Crippen molar-refractivity contribution >= 4 is 11.8 Å². The highest BCUT2D eigenvalue weighted by molar-refractivity contribution is 7.99. The van der Waals surface area contributed by atoms with Crippen molar-refractivity contribution in [2.45, 2.75) is 17.4 Å². The van der Waals surface area contributed by atoms with E-state index in [2.05, 4.69) is 41.7 Å². The molecule has 1 atom stereocenters. The lowest BCUT2D eigenvalue weighted by Crippen LogP contribution is -2.35. The van der Waals surface area contributed by atoms with E-state index < -0.39 is 0 Å². The van der Waals surface area contributed by atoms with Gasteiger partial charge in [-0.2, -0.15) is 0 Å². The van der Waals surface area contributed by atoms with Crippen LogP contribution in [0.5, 0.6) is 0 Å². The highest BCUT2D eigenvalue weighted by atomic mass is 32.2. The summed E-state index contributed by atoms with van der Waals surface area (Å²) >= 11 is 1.84. The van der Waals surface area contributed by atoms with E-state index in [0.29, 0.717) is 0 Å². The second kappa shape index (κ2) is 8.80. The summed E-state index contributed by atoms with van der Waals surface area (Å²) in [5.74, 6) is 1.01. The maximum absolute atomic E-state index is 9.43. The van der Waals surface area contributed by atoms with E-state index in [1.165, 1.54) is 10.5 Å². The number of hydrogen-bond acceptors (Lipinski definition) is 3. The Morgan fingerprint density at radius 1 is 0.950 bits per heavy atom. The SMILES string of the molecule is OCC(Cc1ccccc1)NCCSc1ccccc1. The maximum Gasteiger partial charge on any atom is 0.0587 e. The number of aliphatic hydroxyl groups excluding tert-OH is 1. The zero-order valence-corrected chi connectivity index (χ0v) is 12.4. The Hall–Kier alpha value is -1.29. The molecule has 20 heavy (non-hydrogen) atoms. The van der Waals surface area contributed by atoms with Crippen LogP contribution in [0.3, 0.4) is 0 Å². The molecule has 0 heterocycles. The van der Waals surface area contributed by atoms with Crippen LogP contribution in [0.1, 0.15) is 5.56 Å². The van der Waals surface area contributed by atoms with Gasteiger partial charge in [0.2, 0.25) is 0 Å². The van der Waals surface area contributed by atoms with E-state index in [9.17, 15) is 5.11 Å². The molecule has 0 spiro atoms. The first kappa shape index (κ1) is 15.1. The number of benzene rings is 2. The van der Waals surface area contributed by atoms with Gasteiger partial charge in [0.25, 0.3) is 0 Å². The lowest BCUT2D eigenvalue weighted by atomic mass is 10.1. The lowest BCUT2D eigenvalue weighted by molar-refractivity contribution is 0.244. The Morgan fingerprint density at radius 3 is 2.25 bits per heavy atom. The number of nitrogens with one attached hydrogen (secondary N) is 1. The summed E-state index contributed by atoms with van der Waals surface area (Å²) in [7, 11) is 0. The molecule has 3 heteroatoms. The summed E-state index contributed by atoms with van der Waals surface area (Å²) in [6.07, 6.45) is 0.868. The molecule has 2 aromatic rings. The molecule has 0 aliphatic carbocycles. The van der Waals surface area contributed by atoms with Gasteiger partial charge in [0.1, 0.15) is 0 Å². The van der Waals surface area contributed by atoms with Crippen molar-refractivity contribution in [2.24, 2.45) is 0 Å².